The number of carbonyl (C=O) groups excluding carboxylic acids is 1. The van der Waals surface area contributed by atoms with Gasteiger partial charge in [0, 0.05) is 13.1 Å². The molecular weight excluding hydrogens is 218 g/mol. The summed E-state index contributed by atoms with van der Waals surface area (Å²) in [6.07, 6.45) is -2.33. The molecule has 16 heavy (non-hydrogen) atoms. The molecule has 3 N–H and O–H groups in total. The fourth-order valence-electron chi connectivity index (χ4n) is 2.07. The number of hydrogen-bond donors (Lipinski definition) is 3. The summed E-state index contributed by atoms with van der Waals surface area (Å²) in [6, 6.07) is 0. The Morgan fingerprint density at radius 1 is 1.25 bits per heavy atom. The van der Waals surface area contributed by atoms with Crippen molar-refractivity contribution in [1.82, 2.24) is 15.1 Å². The molecule has 2 aliphatic heterocycles. The molecule has 0 aliphatic carbocycles. The van der Waals surface area contributed by atoms with E-state index in [2.05, 4.69) is 5.32 Å². The average molecular weight is 229 g/mol. The minimum Gasteiger partial charge on any atom is -0.465 e. The first kappa shape index (κ1) is 10.5. The normalized spacial score (nSPS) is 28.6. The maximum absolute atomic E-state index is 11.5. The topological polar surface area (TPSA) is 110 Å². The molecule has 2 fully saturated rings. The van der Waals surface area contributed by atoms with E-state index in [0.717, 1.165) is 9.80 Å². The molecule has 2 saturated heterocycles. The number of nitrogens with one attached hydrogen (secondary N) is 1. The maximum atomic E-state index is 11.5. The average Bonchev–Trinajstić information content (AvgIpc) is 2.25. The summed E-state index contributed by atoms with van der Waals surface area (Å²) in [5, 5.41) is 20.2. The lowest BCUT2D eigenvalue weighted by atomic mass is 9.86. The molecule has 0 aromatic carbocycles. The van der Waals surface area contributed by atoms with Crippen LogP contribution in [0.4, 0.5) is 9.59 Å². The van der Waals surface area contributed by atoms with Gasteiger partial charge in [0.2, 0.25) is 5.91 Å². The number of amides is 3. The van der Waals surface area contributed by atoms with E-state index < -0.39 is 23.6 Å². The van der Waals surface area contributed by atoms with Gasteiger partial charge in [-0.15, -0.1) is 0 Å². The van der Waals surface area contributed by atoms with Gasteiger partial charge in [-0.1, -0.05) is 0 Å². The number of β-lactam (4-membered cyclic amide) rings is 1. The van der Waals surface area contributed by atoms with Gasteiger partial charge in [0.15, 0.2) is 5.54 Å². The SMILES string of the molecule is O=C(O)N1CCN(C(=O)O)C2(CNC2=O)C1. The number of hydrogen-bond acceptors (Lipinski definition) is 3. The summed E-state index contributed by atoms with van der Waals surface area (Å²) in [6.45, 7) is 0.189. The van der Waals surface area contributed by atoms with Gasteiger partial charge in [0.05, 0.1) is 13.1 Å². The van der Waals surface area contributed by atoms with Gasteiger partial charge in [-0.2, -0.15) is 0 Å². The van der Waals surface area contributed by atoms with Crippen LogP contribution < -0.4 is 5.32 Å². The van der Waals surface area contributed by atoms with Crippen LogP contribution in [0.15, 0.2) is 0 Å². The van der Waals surface area contributed by atoms with E-state index in [-0.39, 0.29) is 26.2 Å². The van der Waals surface area contributed by atoms with E-state index in [1.165, 1.54) is 0 Å². The number of nitrogens with zero attached hydrogens (tertiary/aromatic N) is 2. The van der Waals surface area contributed by atoms with Crippen LogP contribution in [0.5, 0.6) is 0 Å². The van der Waals surface area contributed by atoms with Crippen LogP contribution in [0.1, 0.15) is 0 Å². The van der Waals surface area contributed by atoms with Gasteiger partial charge in [-0.25, -0.2) is 9.59 Å². The lowest BCUT2D eigenvalue weighted by molar-refractivity contribution is -0.146. The summed E-state index contributed by atoms with van der Waals surface area (Å²) in [4.78, 5) is 35.3. The van der Waals surface area contributed by atoms with Gasteiger partial charge in [0.25, 0.3) is 0 Å². The quantitative estimate of drug-likeness (QED) is 0.453. The van der Waals surface area contributed by atoms with Crippen molar-refractivity contribution in [2.24, 2.45) is 0 Å². The van der Waals surface area contributed by atoms with Crippen molar-refractivity contribution < 1.29 is 24.6 Å². The van der Waals surface area contributed by atoms with Gasteiger partial charge < -0.3 is 20.4 Å². The van der Waals surface area contributed by atoms with Crippen molar-refractivity contribution >= 4 is 18.1 Å². The van der Waals surface area contributed by atoms with Crippen LogP contribution in [0.3, 0.4) is 0 Å². The molecule has 0 saturated carbocycles. The molecule has 2 aliphatic rings. The third kappa shape index (κ3) is 1.26. The Kier molecular flexibility index (Phi) is 2.14. The zero-order valence-corrected chi connectivity index (χ0v) is 8.34. The minimum absolute atomic E-state index is 0.0229. The molecule has 0 radical (unpaired) electrons. The number of rotatable bonds is 0. The molecular formula is C8H11N3O5. The minimum atomic E-state index is -1.22. The number of piperazine rings is 1. The third-order valence-corrected chi connectivity index (χ3v) is 3.03. The molecule has 8 heteroatoms. The molecule has 88 valence electrons. The maximum Gasteiger partial charge on any atom is 0.408 e. The molecule has 8 nitrogen and oxygen atoms in total. The molecule has 0 aromatic rings. The summed E-state index contributed by atoms with van der Waals surface area (Å²) in [7, 11) is 0. The Morgan fingerprint density at radius 2 is 1.94 bits per heavy atom. The van der Waals surface area contributed by atoms with Crippen LogP contribution in [0.25, 0.3) is 0 Å². The molecule has 3 amide bonds. The van der Waals surface area contributed by atoms with E-state index in [4.69, 9.17) is 10.2 Å². The second-order valence-electron chi connectivity index (χ2n) is 3.85. The van der Waals surface area contributed by atoms with Crippen LogP contribution in [0.2, 0.25) is 0 Å². The standard InChI is InChI=1S/C8H11N3O5/c12-5-8(3-9-5)4-10(6(13)14)1-2-11(8)7(15)16/h1-4H2,(H,9,12)(H,13,14)(H,15,16). The molecule has 0 aromatic heterocycles. The Morgan fingerprint density at radius 3 is 2.31 bits per heavy atom. The van der Waals surface area contributed by atoms with E-state index in [1.807, 2.05) is 0 Å². The second-order valence-corrected chi connectivity index (χ2v) is 3.85. The first-order valence-electron chi connectivity index (χ1n) is 4.74. The van der Waals surface area contributed by atoms with E-state index in [1.54, 1.807) is 0 Å². The predicted octanol–water partition coefficient (Wildman–Crippen LogP) is -1.17. The predicted molar refractivity (Wildman–Crippen MR) is 50.1 cm³/mol. The zero-order valence-electron chi connectivity index (χ0n) is 8.34. The lowest BCUT2D eigenvalue weighted by Gasteiger charge is -2.52. The van der Waals surface area contributed by atoms with Crippen LogP contribution in [-0.2, 0) is 4.79 Å². The summed E-state index contributed by atoms with van der Waals surface area (Å²) >= 11 is 0. The van der Waals surface area contributed by atoms with Crippen molar-refractivity contribution in [3.05, 3.63) is 0 Å². The molecule has 0 bridgehead atoms. The highest BCUT2D eigenvalue weighted by molar-refractivity contribution is 5.96. The number of carbonyl (C=O) groups is 3. The molecule has 1 atom stereocenters. The second kappa shape index (κ2) is 3.26. The highest BCUT2D eigenvalue weighted by atomic mass is 16.4. The number of carboxylic acid groups (broad SMARTS) is 2. The summed E-state index contributed by atoms with van der Waals surface area (Å²) < 4.78 is 0. The van der Waals surface area contributed by atoms with Crippen LogP contribution >= 0.6 is 0 Å². The smallest absolute Gasteiger partial charge is 0.408 e. The third-order valence-electron chi connectivity index (χ3n) is 3.03. The van der Waals surface area contributed by atoms with Crippen LogP contribution in [-0.4, -0.2) is 69.8 Å². The van der Waals surface area contributed by atoms with Crippen molar-refractivity contribution in [1.29, 1.82) is 0 Å². The van der Waals surface area contributed by atoms with Crippen molar-refractivity contribution in [2.45, 2.75) is 5.54 Å². The zero-order chi connectivity index (χ0) is 11.9. The van der Waals surface area contributed by atoms with Crippen molar-refractivity contribution in [3.8, 4) is 0 Å². The first-order valence-corrected chi connectivity index (χ1v) is 4.74. The van der Waals surface area contributed by atoms with Gasteiger partial charge in [-0.3, -0.25) is 9.69 Å². The van der Waals surface area contributed by atoms with E-state index >= 15 is 0 Å². The molecule has 1 unspecified atom stereocenters. The van der Waals surface area contributed by atoms with Crippen molar-refractivity contribution in [2.75, 3.05) is 26.2 Å². The summed E-state index contributed by atoms with van der Waals surface area (Å²) in [5.74, 6) is -0.430. The van der Waals surface area contributed by atoms with Gasteiger partial charge in [0.1, 0.15) is 0 Å². The summed E-state index contributed by atoms with van der Waals surface area (Å²) in [5.41, 5.74) is -1.22. The lowest BCUT2D eigenvalue weighted by Crippen LogP contribution is -2.80. The molecule has 2 heterocycles. The van der Waals surface area contributed by atoms with E-state index in [9.17, 15) is 14.4 Å². The Hall–Kier alpha value is -1.99. The Balaban J connectivity index is 2.24. The first-order chi connectivity index (χ1) is 7.47. The highest BCUT2D eigenvalue weighted by Crippen LogP contribution is 2.27. The largest absolute Gasteiger partial charge is 0.465 e. The monoisotopic (exact) mass is 229 g/mol. The van der Waals surface area contributed by atoms with E-state index in [0.29, 0.717) is 0 Å². The van der Waals surface area contributed by atoms with Crippen molar-refractivity contribution in [3.63, 3.8) is 0 Å². The van der Waals surface area contributed by atoms with Gasteiger partial charge >= 0.3 is 12.2 Å². The fraction of sp³-hybridized carbons (Fsp3) is 0.625. The fourth-order valence-corrected chi connectivity index (χ4v) is 2.07. The van der Waals surface area contributed by atoms with Crippen LogP contribution in [0, 0.1) is 0 Å². The molecule has 1 spiro atoms. The van der Waals surface area contributed by atoms with Gasteiger partial charge in [-0.05, 0) is 0 Å². The highest BCUT2D eigenvalue weighted by Gasteiger charge is 2.56. The Labute approximate surface area is 90.4 Å². The Bertz CT molecular complexity index is 371. The molecule has 2 rings (SSSR count).